The SMILES string of the molecule is Cc1cc(N(C)C)nc(N2CCN(c3ncccc3C#N)CC2)n1. The molecule has 24 heavy (non-hydrogen) atoms. The minimum Gasteiger partial charge on any atom is -0.363 e. The molecule has 1 aliphatic rings. The van der Waals surface area contributed by atoms with E-state index in [1.807, 2.05) is 38.1 Å². The number of hydrogen-bond donors (Lipinski definition) is 0. The summed E-state index contributed by atoms with van der Waals surface area (Å²) in [6.45, 7) is 5.18. The molecule has 1 saturated heterocycles. The van der Waals surface area contributed by atoms with Gasteiger partial charge in [-0.3, -0.25) is 0 Å². The van der Waals surface area contributed by atoms with E-state index in [0.717, 1.165) is 49.5 Å². The largest absolute Gasteiger partial charge is 0.363 e. The monoisotopic (exact) mass is 323 g/mol. The quantitative estimate of drug-likeness (QED) is 0.846. The van der Waals surface area contributed by atoms with Gasteiger partial charge in [0.05, 0.1) is 5.56 Å². The molecule has 0 amide bonds. The van der Waals surface area contributed by atoms with E-state index in [2.05, 4.69) is 30.8 Å². The normalized spacial score (nSPS) is 14.4. The van der Waals surface area contributed by atoms with Gasteiger partial charge >= 0.3 is 0 Å². The van der Waals surface area contributed by atoms with Crippen molar-refractivity contribution in [3.05, 3.63) is 35.7 Å². The van der Waals surface area contributed by atoms with Crippen LogP contribution in [0.25, 0.3) is 0 Å². The molecule has 0 aromatic carbocycles. The van der Waals surface area contributed by atoms with Crippen LogP contribution in [-0.4, -0.2) is 55.2 Å². The zero-order valence-corrected chi connectivity index (χ0v) is 14.3. The standard InChI is InChI=1S/C17H21N7/c1-13-11-15(22(2)3)21-17(20-13)24-9-7-23(8-10-24)16-14(12-18)5-4-6-19-16/h4-6,11H,7-10H2,1-3H3. The average molecular weight is 323 g/mol. The molecule has 1 aliphatic heterocycles. The third-order valence-corrected chi connectivity index (χ3v) is 4.06. The van der Waals surface area contributed by atoms with E-state index >= 15 is 0 Å². The van der Waals surface area contributed by atoms with Crippen molar-refractivity contribution < 1.29 is 0 Å². The Morgan fingerprint density at radius 1 is 1.12 bits per heavy atom. The van der Waals surface area contributed by atoms with Crippen molar-refractivity contribution in [1.29, 1.82) is 5.26 Å². The second-order valence-electron chi connectivity index (χ2n) is 6.02. The summed E-state index contributed by atoms with van der Waals surface area (Å²) in [6, 6.07) is 7.79. The van der Waals surface area contributed by atoms with Gasteiger partial charge in [0.25, 0.3) is 0 Å². The van der Waals surface area contributed by atoms with E-state index < -0.39 is 0 Å². The highest BCUT2D eigenvalue weighted by atomic mass is 15.3. The number of pyridine rings is 1. The van der Waals surface area contributed by atoms with Gasteiger partial charge in [0, 0.05) is 58.2 Å². The van der Waals surface area contributed by atoms with E-state index in [-0.39, 0.29) is 0 Å². The van der Waals surface area contributed by atoms with Crippen LogP contribution in [0, 0.1) is 18.3 Å². The first-order valence-electron chi connectivity index (χ1n) is 7.96. The number of nitrogens with zero attached hydrogens (tertiary/aromatic N) is 7. The molecule has 3 rings (SSSR count). The van der Waals surface area contributed by atoms with Gasteiger partial charge < -0.3 is 14.7 Å². The molecule has 2 aromatic rings. The summed E-state index contributed by atoms with van der Waals surface area (Å²) in [4.78, 5) is 19.9. The van der Waals surface area contributed by atoms with Gasteiger partial charge in [-0.2, -0.15) is 10.2 Å². The van der Waals surface area contributed by atoms with Gasteiger partial charge in [0.1, 0.15) is 17.7 Å². The Morgan fingerprint density at radius 2 is 1.83 bits per heavy atom. The summed E-state index contributed by atoms with van der Waals surface area (Å²) in [5.74, 6) is 2.44. The molecule has 0 spiro atoms. The third kappa shape index (κ3) is 3.23. The molecule has 2 aromatic heterocycles. The van der Waals surface area contributed by atoms with Crippen molar-refractivity contribution in [1.82, 2.24) is 15.0 Å². The van der Waals surface area contributed by atoms with Crippen LogP contribution in [0.5, 0.6) is 0 Å². The van der Waals surface area contributed by atoms with Crippen LogP contribution in [0.4, 0.5) is 17.6 Å². The number of piperazine rings is 1. The molecule has 0 N–H and O–H groups in total. The van der Waals surface area contributed by atoms with Crippen LogP contribution in [0.15, 0.2) is 24.4 Å². The van der Waals surface area contributed by atoms with E-state index in [9.17, 15) is 5.26 Å². The number of aryl methyl sites for hydroxylation is 1. The van der Waals surface area contributed by atoms with Crippen LogP contribution < -0.4 is 14.7 Å². The summed E-state index contributed by atoms with van der Waals surface area (Å²) < 4.78 is 0. The molecule has 3 heterocycles. The molecular formula is C17H21N7. The van der Waals surface area contributed by atoms with E-state index in [0.29, 0.717) is 5.56 Å². The lowest BCUT2D eigenvalue weighted by Crippen LogP contribution is -2.47. The van der Waals surface area contributed by atoms with Crippen LogP contribution in [0.1, 0.15) is 11.3 Å². The molecule has 0 bridgehead atoms. The molecule has 124 valence electrons. The van der Waals surface area contributed by atoms with Gasteiger partial charge in [-0.25, -0.2) is 9.97 Å². The number of nitriles is 1. The second-order valence-corrected chi connectivity index (χ2v) is 6.02. The Morgan fingerprint density at radius 3 is 2.50 bits per heavy atom. The lowest BCUT2D eigenvalue weighted by Gasteiger charge is -2.36. The van der Waals surface area contributed by atoms with E-state index in [1.165, 1.54) is 0 Å². The number of aromatic nitrogens is 3. The van der Waals surface area contributed by atoms with Crippen molar-refractivity contribution in [2.24, 2.45) is 0 Å². The van der Waals surface area contributed by atoms with Gasteiger partial charge in [-0.05, 0) is 19.1 Å². The van der Waals surface area contributed by atoms with Crippen LogP contribution >= 0.6 is 0 Å². The lowest BCUT2D eigenvalue weighted by atomic mass is 10.2. The highest BCUT2D eigenvalue weighted by Gasteiger charge is 2.22. The second kappa shape index (κ2) is 6.71. The third-order valence-electron chi connectivity index (χ3n) is 4.06. The van der Waals surface area contributed by atoms with Crippen molar-refractivity contribution in [2.75, 3.05) is 55.0 Å². The Kier molecular flexibility index (Phi) is 4.47. The highest BCUT2D eigenvalue weighted by Crippen LogP contribution is 2.21. The number of hydrogen-bond acceptors (Lipinski definition) is 7. The molecule has 7 heteroatoms. The summed E-state index contributed by atoms with van der Waals surface area (Å²) >= 11 is 0. The Balaban J connectivity index is 1.75. The molecule has 0 atom stereocenters. The predicted molar refractivity (Wildman–Crippen MR) is 94.5 cm³/mol. The first-order valence-corrected chi connectivity index (χ1v) is 7.96. The predicted octanol–water partition coefficient (Wildman–Crippen LogP) is 1.44. The molecule has 0 radical (unpaired) electrons. The zero-order valence-electron chi connectivity index (χ0n) is 14.3. The maximum Gasteiger partial charge on any atom is 0.227 e. The maximum atomic E-state index is 9.24. The van der Waals surface area contributed by atoms with Gasteiger partial charge in [0.15, 0.2) is 0 Å². The first kappa shape index (κ1) is 16.0. The van der Waals surface area contributed by atoms with E-state index in [1.54, 1.807) is 12.3 Å². The van der Waals surface area contributed by atoms with Crippen molar-refractivity contribution in [3.63, 3.8) is 0 Å². The van der Waals surface area contributed by atoms with E-state index in [4.69, 9.17) is 0 Å². The summed E-state index contributed by atoms with van der Waals surface area (Å²) in [5.41, 5.74) is 1.58. The average Bonchev–Trinajstić information content (AvgIpc) is 2.61. The molecule has 7 nitrogen and oxygen atoms in total. The van der Waals surface area contributed by atoms with Crippen LogP contribution in [-0.2, 0) is 0 Å². The smallest absolute Gasteiger partial charge is 0.227 e. The minimum absolute atomic E-state index is 0.618. The topological polar surface area (TPSA) is 72.2 Å². The van der Waals surface area contributed by atoms with Gasteiger partial charge in [-0.15, -0.1) is 0 Å². The Labute approximate surface area is 142 Å². The molecule has 0 saturated carbocycles. The zero-order chi connectivity index (χ0) is 17.1. The number of anilines is 3. The molecule has 1 fully saturated rings. The maximum absolute atomic E-state index is 9.24. The minimum atomic E-state index is 0.618. The molecular weight excluding hydrogens is 302 g/mol. The van der Waals surface area contributed by atoms with Gasteiger partial charge in [-0.1, -0.05) is 0 Å². The van der Waals surface area contributed by atoms with Crippen molar-refractivity contribution in [2.45, 2.75) is 6.92 Å². The Bertz CT molecular complexity index is 758. The summed E-state index contributed by atoms with van der Waals surface area (Å²) in [5, 5.41) is 9.24. The fourth-order valence-electron chi connectivity index (χ4n) is 2.76. The van der Waals surface area contributed by atoms with Gasteiger partial charge in [0.2, 0.25) is 5.95 Å². The van der Waals surface area contributed by atoms with Crippen molar-refractivity contribution >= 4 is 17.6 Å². The Hall–Kier alpha value is -2.88. The highest BCUT2D eigenvalue weighted by molar-refractivity contribution is 5.55. The number of rotatable bonds is 3. The van der Waals surface area contributed by atoms with Crippen LogP contribution in [0.2, 0.25) is 0 Å². The van der Waals surface area contributed by atoms with Crippen LogP contribution in [0.3, 0.4) is 0 Å². The fourth-order valence-corrected chi connectivity index (χ4v) is 2.76. The molecule has 0 aliphatic carbocycles. The first-order chi connectivity index (χ1) is 11.6. The summed E-state index contributed by atoms with van der Waals surface area (Å²) in [6.07, 6.45) is 1.73. The lowest BCUT2D eigenvalue weighted by molar-refractivity contribution is 0.633. The fraction of sp³-hybridized carbons (Fsp3) is 0.412. The van der Waals surface area contributed by atoms with Crippen molar-refractivity contribution in [3.8, 4) is 6.07 Å². The summed E-state index contributed by atoms with van der Waals surface area (Å²) in [7, 11) is 3.96. The molecule has 0 unspecified atom stereocenters.